The van der Waals surface area contributed by atoms with Gasteiger partial charge in [-0.05, 0) is 11.1 Å². The summed E-state index contributed by atoms with van der Waals surface area (Å²) < 4.78 is 0. The smallest absolute Gasteiger partial charge is 0.0877 e. The molecule has 0 aromatic heterocycles. The Morgan fingerprint density at radius 1 is 1.18 bits per heavy atom. The lowest BCUT2D eigenvalue weighted by Crippen LogP contribution is -2.74. The van der Waals surface area contributed by atoms with Gasteiger partial charge in [-0.25, -0.2) is 0 Å². The average Bonchev–Trinajstić information content (AvgIpc) is 2.81. The normalized spacial score (nSPS) is 42.7. The van der Waals surface area contributed by atoms with Crippen LogP contribution in [0.15, 0.2) is 35.4 Å². The Morgan fingerprint density at radius 2 is 1.82 bits per heavy atom. The van der Waals surface area contributed by atoms with Gasteiger partial charge in [0.1, 0.15) is 0 Å². The molecule has 4 fully saturated rings. The van der Waals surface area contributed by atoms with Crippen molar-refractivity contribution < 1.29 is 5.11 Å². The Kier molecular flexibility index (Phi) is 3.16. The third-order valence-electron chi connectivity index (χ3n) is 5.88. The monoisotopic (exact) mass is 299 g/mol. The highest BCUT2D eigenvalue weighted by molar-refractivity contribution is 5.36. The molecule has 4 saturated heterocycles. The van der Waals surface area contributed by atoms with Crippen molar-refractivity contribution in [3.63, 3.8) is 0 Å². The summed E-state index contributed by atoms with van der Waals surface area (Å²) >= 11 is 0. The van der Waals surface area contributed by atoms with Gasteiger partial charge in [-0.15, -0.1) is 0 Å². The zero-order valence-corrected chi connectivity index (χ0v) is 12.6. The second-order valence-electron chi connectivity index (χ2n) is 6.93. The Hall–Kier alpha value is -1.59. The molecule has 22 heavy (non-hydrogen) atoms. The molecule has 3 unspecified atom stereocenters. The van der Waals surface area contributed by atoms with Crippen LogP contribution in [-0.2, 0) is 5.41 Å². The van der Waals surface area contributed by atoms with Gasteiger partial charge < -0.3 is 14.9 Å². The molecule has 0 radical (unpaired) electrons. The van der Waals surface area contributed by atoms with E-state index in [0.29, 0.717) is 0 Å². The van der Waals surface area contributed by atoms with Crippen LogP contribution in [0, 0.1) is 5.92 Å². The maximum atomic E-state index is 11.6. The molecule has 1 aromatic carbocycles. The molecule has 4 bridgehead atoms. The standard InChI is InChI=1S/C16H21N5O/c17-19-18-10-16(22)14-8-20-6-7-21(9-14)12-15(16,11-20)13-4-2-1-3-5-13/h1-5,14,22H,6-12H2. The van der Waals surface area contributed by atoms with Crippen LogP contribution in [0.25, 0.3) is 10.4 Å². The number of aliphatic hydroxyl groups is 1. The van der Waals surface area contributed by atoms with Crippen LogP contribution >= 0.6 is 0 Å². The van der Waals surface area contributed by atoms with E-state index >= 15 is 0 Å². The topological polar surface area (TPSA) is 75.5 Å². The molecule has 0 amide bonds. The summed E-state index contributed by atoms with van der Waals surface area (Å²) in [5, 5.41) is 15.4. The minimum absolute atomic E-state index is 0.128. The molecule has 6 nitrogen and oxygen atoms in total. The molecule has 4 heterocycles. The Bertz CT molecular complexity index is 598. The van der Waals surface area contributed by atoms with Crippen LogP contribution < -0.4 is 0 Å². The average molecular weight is 299 g/mol. The van der Waals surface area contributed by atoms with E-state index in [-0.39, 0.29) is 17.9 Å². The summed E-state index contributed by atoms with van der Waals surface area (Å²) in [5.74, 6) is 0.128. The van der Waals surface area contributed by atoms with Crippen LogP contribution in [0.2, 0.25) is 0 Å². The van der Waals surface area contributed by atoms with Gasteiger partial charge in [0.15, 0.2) is 0 Å². The fourth-order valence-electron chi connectivity index (χ4n) is 4.82. The third-order valence-corrected chi connectivity index (χ3v) is 5.88. The molecule has 0 spiro atoms. The molecule has 6 heteroatoms. The largest absolute Gasteiger partial charge is 0.388 e. The zero-order chi connectivity index (χ0) is 15.2. The molecular weight excluding hydrogens is 278 g/mol. The Labute approximate surface area is 130 Å². The predicted octanol–water partition coefficient (Wildman–Crippen LogP) is 1.23. The quantitative estimate of drug-likeness (QED) is 0.518. The van der Waals surface area contributed by atoms with E-state index in [0.717, 1.165) is 44.8 Å². The van der Waals surface area contributed by atoms with Gasteiger partial charge in [0.05, 0.1) is 12.1 Å². The van der Waals surface area contributed by atoms with E-state index in [1.54, 1.807) is 0 Å². The van der Waals surface area contributed by atoms with Crippen molar-refractivity contribution in [1.82, 2.24) is 9.80 Å². The number of nitrogens with zero attached hydrogens (tertiary/aromatic N) is 5. The van der Waals surface area contributed by atoms with E-state index in [9.17, 15) is 5.11 Å². The van der Waals surface area contributed by atoms with Crippen LogP contribution in [-0.4, -0.2) is 66.3 Å². The van der Waals surface area contributed by atoms with Crippen LogP contribution in [0.3, 0.4) is 0 Å². The highest BCUT2D eigenvalue weighted by Gasteiger charge is 2.63. The van der Waals surface area contributed by atoms with E-state index in [1.807, 2.05) is 18.2 Å². The summed E-state index contributed by atoms with van der Waals surface area (Å²) in [5.41, 5.74) is 8.60. The number of hydrogen-bond acceptors (Lipinski definition) is 4. The first-order chi connectivity index (χ1) is 10.7. The molecule has 3 atom stereocenters. The van der Waals surface area contributed by atoms with Gasteiger partial charge in [-0.2, -0.15) is 0 Å². The summed E-state index contributed by atoms with van der Waals surface area (Å²) in [6, 6.07) is 10.3. The van der Waals surface area contributed by atoms with Gasteiger partial charge in [0.2, 0.25) is 0 Å². The lowest BCUT2D eigenvalue weighted by molar-refractivity contribution is -0.154. The fourth-order valence-corrected chi connectivity index (χ4v) is 4.82. The fraction of sp³-hybridized carbons (Fsp3) is 0.625. The van der Waals surface area contributed by atoms with Crippen molar-refractivity contribution in [1.29, 1.82) is 0 Å². The second-order valence-corrected chi connectivity index (χ2v) is 6.93. The molecule has 116 valence electrons. The third kappa shape index (κ3) is 1.82. The van der Waals surface area contributed by atoms with Gasteiger partial charge >= 0.3 is 0 Å². The first kappa shape index (κ1) is 14.0. The Morgan fingerprint density at radius 3 is 2.41 bits per heavy atom. The first-order valence-corrected chi connectivity index (χ1v) is 7.91. The molecule has 4 aliphatic rings. The van der Waals surface area contributed by atoms with Gasteiger partial charge in [-0.1, -0.05) is 35.4 Å². The van der Waals surface area contributed by atoms with Crippen molar-refractivity contribution in [2.24, 2.45) is 11.0 Å². The van der Waals surface area contributed by atoms with Gasteiger partial charge in [-0.3, -0.25) is 0 Å². The van der Waals surface area contributed by atoms with Crippen molar-refractivity contribution >= 4 is 0 Å². The summed E-state index contributed by atoms with van der Waals surface area (Å²) in [7, 11) is 0. The lowest BCUT2D eigenvalue weighted by atomic mass is 9.57. The highest BCUT2D eigenvalue weighted by Crippen LogP contribution is 2.50. The molecule has 1 N–H and O–H groups in total. The van der Waals surface area contributed by atoms with Crippen molar-refractivity contribution in [2.45, 2.75) is 11.0 Å². The molecule has 5 rings (SSSR count). The maximum Gasteiger partial charge on any atom is 0.0877 e. The number of azide groups is 1. The Balaban J connectivity index is 1.87. The number of piperidine rings is 2. The predicted molar refractivity (Wildman–Crippen MR) is 83.5 cm³/mol. The molecule has 1 aromatic rings. The summed E-state index contributed by atoms with van der Waals surface area (Å²) in [4.78, 5) is 7.85. The lowest BCUT2D eigenvalue weighted by Gasteiger charge is -2.60. The van der Waals surface area contributed by atoms with E-state index in [2.05, 4.69) is 32.0 Å². The summed E-state index contributed by atoms with van der Waals surface area (Å²) in [6.07, 6.45) is 0. The molecular formula is C16H21N5O. The number of fused-ring (bicyclic) bond motifs is 1. The maximum absolute atomic E-state index is 11.6. The number of benzene rings is 1. The van der Waals surface area contributed by atoms with Crippen molar-refractivity contribution in [3.05, 3.63) is 46.3 Å². The van der Waals surface area contributed by atoms with Crippen LogP contribution in [0.5, 0.6) is 0 Å². The minimum atomic E-state index is -0.960. The van der Waals surface area contributed by atoms with Gasteiger partial charge in [0, 0.05) is 55.5 Å². The zero-order valence-electron chi connectivity index (χ0n) is 12.6. The van der Waals surface area contributed by atoms with Crippen molar-refractivity contribution in [3.8, 4) is 0 Å². The highest BCUT2D eigenvalue weighted by atomic mass is 16.3. The van der Waals surface area contributed by atoms with E-state index < -0.39 is 5.60 Å². The second kappa shape index (κ2) is 4.96. The SMILES string of the molecule is [N-]=[N+]=NCC1(O)C2CN3CCN(C2)CC1(c1ccccc1)C3. The molecule has 0 saturated carbocycles. The van der Waals surface area contributed by atoms with E-state index in [4.69, 9.17) is 5.53 Å². The molecule has 4 aliphatic heterocycles. The van der Waals surface area contributed by atoms with Crippen molar-refractivity contribution in [2.75, 3.05) is 45.8 Å². The summed E-state index contributed by atoms with van der Waals surface area (Å²) in [6.45, 7) is 5.73. The van der Waals surface area contributed by atoms with Crippen LogP contribution in [0.4, 0.5) is 0 Å². The number of hydrogen-bond donors (Lipinski definition) is 1. The number of rotatable bonds is 3. The first-order valence-electron chi connectivity index (χ1n) is 7.91. The van der Waals surface area contributed by atoms with Gasteiger partial charge in [0.25, 0.3) is 0 Å². The van der Waals surface area contributed by atoms with Crippen LogP contribution in [0.1, 0.15) is 5.56 Å². The van der Waals surface area contributed by atoms with E-state index in [1.165, 1.54) is 0 Å². The molecule has 0 aliphatic carbocycles. The minimum Gasteiger partial charge on any atom is -0.388 e.